The fraction of sp³-hybridized carbons (Fsp3) is 0.562. The molecule has 4 rings (SSSR count). The number of nitrogens with one attached hydrogen (secondary N) is 1. The molecular weight excluding hydrogens is 298 g/mol. The highest BCUT2D eigenvalue weighted by molar-refractivity contribution is 7.22. The van der Waals surface area contributed by atoms with Crippen molar-refractivity contribution < 1.29 is 9.47 Å². The zero-order chi connectivity index (χ0) is 15.1. The summed E-state index contributed by atoms with van der Waals surface area (Å²) >= 11 is 1.69. The van der Waals surface area contributed by atoms with Gasteiger partial charge in [-0.15, -0.1) is 0 Å². The second-order valence-corrected chi connectivity index (χ2v) is 7.05. The lowest BCUT2D eigenvalue weighted by molar-refractivity contribution is -0.00169. The van der Waals surface area contributed by atoms with Gasteiger partial charge in [-0.1, -0.05) is 18.3 Å². The van der Waals surface area contributed by atoms with E-state index in [1.807, 2.05) is 0 Å². The Balaban J connectivity index is 1.59. The van der Waals surface area contributed by atoms with Gasteiger partial charge in [0.2, 0.25) is 0 Å². The van der Waals surface area contributed by atoms with Gasteiger partial charge in [-0.25, -0.2) is 4.98 Å². The molecule has 3 N–H and O–H groups in total. The summed E-state index contributed by atoms with van der Waals surface area (Å²) < 4.78 is 12.6. The van der Waals surface area contributed by atoms with Gasteiger partial charge < -0.3 is 20.5 Å². The van der Waals surface area contributed by atoms with Crippen LogP contribution in [0.3, 0.4) is 0 Å². The number of hydrogen-bond donors (Lipinski definition) is 2. The fourth-order valence-electron chi connectivity index (χ4n) is 3.23. The van der Waals surface area contributed by atoms with Crippen molar-refractivity contribution in [3.63, 3.8) is 0 Å². The molecule has 1 aromatic heterocycles. The third-order valence-electron chi connectivity index (χ3n) is 4.55. The molecule has 0 radical (unpaired) electrons. The fourth-order valence-corrected chi connectivity index (χ4v) is 4.19. The lowest BCUT2D eigenvalue weighted by atomic mass is 9.98. The molecule has 22 heavy (non-hydrogen) atoms. The van der Waals surface area contributed by atoms with Crippen molar-refractivity contribution in [3.05, 3.63) is 17.7 Å². The van der Waals surface area contributed by atoms with Crippen LogP contribution < -0.4 is 15.8 Å². The molecule has 3 heterocycles. The SMILES string of the molecule is CC[C@H]1C[C@@H](Nc2nc3c4c(ccc3s2)OCC4)[C@@H](N)CO1. The van der Waals surface area contributed by atoms with Crippen molar-refractivity contribution in [2.45, 2.75) is 44.4 Å². The zero-order valence-corrected chi connectivity index (χ0v) is 13.5. The maximum Gasteiger partial charge on any atom is 0.184 e. The Labute approximate surface area is 133 Å². The molecule has 2 aliphatic rings. The molecular formula is C16H21N3O2S. The van der Waals surface area contributed by atoms with Gasteiger partial charge in [0, 0.05) is 24.1 Å². The summed E-state index contributed by atoms with van der Waals surface area (Å²) in [5.74, 6) is 0.984. The van der Waals surface area contributed by atoms with Crippen molar-refractivity contribution in [1.82, 2.24) is 4.98 Å². The first-order valence-corrected chi connectivity index (χ1v) is 8.75. The van der Waals surface area contributed by atoms with Gasteiger partial charge in [0.25, 0.3) is 0 Å². The first-order chi connectivity index (χ1) is 10.7. The average Bonchev–Trinajstić information content (AvgIpc) is 3.14. The van der Waals surface area contributed by atoms with Crippen LogP contribution in [0.2, 0.25) is 0 Å². The molecule has 0 amide bonds. The van der Waals surface area contributed by atoms with Gasteiger partial charge in [-0.2, -0.15) is 0 Å². The number of rotatable bonds is 3. The second-order valence-electron chi connectivity index (χ2n) is 6.02. The first kappa shape index (κ1) is 14.2. The quantitative estimate of drug-likeness (QED) is 0.910. The third-order valence-corrected chi connectivity index (χ3v) is 5.51. The summed E-state index contributed by atoms with van der Waals surface area (Å²) in [6.07, 6.45) is 3.21. The van der Waals surface area contributed by atoms with Crippen LogP contribution in [0, 0.1) is 0 Å². The molecule has 0 saturated carbocycles. The summed E-state index contributed by atoms with van der Waals surface area (Å²) in [6, 6.07) is 4.40. The van der Waals surface area contributed by atoms with Crippen LogP contribution in [-0.2, 0) is 11.2 Å². The molecule has 3 atom stereocenters. The van der Waals surface area contributed by atoms with Crippen molar-refractivity contribution in [2.24, 2.45) is 5.73 Å². The number of ether oxygens (including phenoxy) is 2. The minimum absolute atomic E-state index is 0.0175. The Morgan fingerprint density at radius 1 is 1.45 bits per heavy atom. The van der Waals surface area contributed by atoms with Crippen LogP contribution in [0.4, 0.5) is 5.13 Å². The van der Waals surface area contributed by atoms with Crippen LogP contribution in [-0.4, -0.2) is 36.4 Å². The smallest absolute Gasteiger partial charge is 0.184 e. The molecule has 0 unspecified atom stereocenters. The molecule has 0 bridgehead atoms. The van der Waals surface area contributed by atoms with Crippen molar-refractivity contribution >= 4 is 26.7 Å². The zero-order valence-electron chi connectivity index (χ0n) is 12.7. The molecule has 2 aromatic rings. The highest BCUT2D eigenvalue weighted by Crippen LogP contribution is 2.36. The third kappa shape index (κ3) is 2.45. The van der Waals surface area contributed by atoms with Crippen LogP contribution in [0.1, 0.15) is 25.3 Å². The van der Waals surface area contributed by atoms with Gasteiger partial charge in [0.15, 0.2) is 5.13 Å². The summed E-state index contributed by atoms with van der Waals surface area (Å²) in [4.78, 5) is 4.79. The predicted molar refractivity (Wildman–Crippen MR) is 88.9 cm³/mol. The van der Waals surface area contributed by atoms with Crippen molar-refractivity contribution in [2.75, 3.05) is 18.5 Å². The molecule has 0 spiro atoms. The van der Waals surface area contributed by atoms with Gasteiger partial charge in [-0.05, 0) is 25.0 Å². The van der Waals surface area contributed by atoms with E-state index in [-0.39, 0.29) is 12.1 Å². The summed E-state index contributed by atoms with van der Waals surface area (Å²) in [5, 5.41) is 4.49. The number of thiazole rings is 1. The van der Waals surface area contributed by atoms with E-state index >= 15 is 0 Å². The number of aromatic nitrogens is 1. The van der Waals surface area contributed by atoms with Crippen molar-refractivity contribution in [1.29, 1.82) is 0 Å². The Morgan fingerprint density at radius 3 is 3.23 bits per heavy atom. The maximum absolute atomic E-state index is 6.20. The number of nitrogens with zero attached hydrogens (tertiary/aromatic N) is 1. The predicted octanol–water partition coefficient (Wildman–Crippen LogP) is 2.54. The highest BCUT2D eigenvalue weighted by atomic mass is 32.1. The van der Waals surface area contributed by atoms with Gasteiger partial charge in [0.1, 0.15) is 5.75 Å². The van der Waals surface area contributed by atoms with Crippen LogP contribution in [0.15, 0.2) is 12.1 Å². The number of hydrogen-bond acceptors (Lipinski definition) is 6. The molecule has 118 valence electrons. The number of nitrogens with two attached hydrogens (primary N) is 1. The van der Waals surface area contributed by atoms with Gasteiger partial charge in [0.05, 0.1) is 29.5 Å². The van der Waals surface area contributed by atoms with E-state index < -0.39 is 0 Å². The topological polar surface area (TPSA) is 69.4 Å². The summed E-state index contributed by atoms with van der Waals surface area (Å²) in [7, 11) is 0. The summed E-state index contributed by atoms with van der Waals surface area (Å²) in [6.45, 7) is 3.53. The highest BCUT2D eigenvalue weighted by Gasteiger charge is 2.29. The van der Waals surface area contributed by atoms with E-state index in [1.165, 1.54) is 10.3 Å². The lowest BCUT2D eigenvalue weighted by Crippen LogP contribution is -2.50. The van der Waals surface area contributed by atoms with Gasteiger partial charge in [-0.3, -0.25) is 0 Å². The van der Waals surface area contributed by atoms with E-state index in [0.717, 1.165) is 42.3 Å². The summed E-state index contributed by atoms with van der Waals surface area (Å²) in [5.41, 5.74) is 8.52. The van der Waals surface area contributed by atoms with Gasteiger partial charge >= 0.3 is 0 Å². The van der Waals surface area contributed by atoms with E-state index in [1.54, 1.807) is 11.3 Å². The van der Waals surface area contributed by atoms with E-state index in [9.17, 15) is 0 Å². The molecule has 6 heteroatoms. The normalized spacial score (nSPS) is 27.6. The second kappa shape index (κ2) is 5.68. The number of benzene rings is 1. The Hall–Kier alpha value is -1.37. The van der Waals surface area contributed by atoms with Crippen LogP contribution >= 0.6 is 11.3 Å². The van der Waals surface area contributed by atoms with E-state index in [4.69, 9.17) is 20.2 Å². The largest absolute Gasteiger partial charge is 0.493 e. The standard InChI is InChI=1S/C16H21N3O2S/c1-2-9-7-12(11(17)8-21-9)18-16-19-15-10-5-6-20-13(10)3-4-14(15)22-16/h3-4,9,11-12H,2,5-8,17H2,1H3,(H,18,19)/t9-,11-,12+/m0/s1. The minimum atomic E-state index is 0.0175. The molecule has 5 nitrogen and oxygen atoms in total. The van der Waals surface area contributed by atoms with Crippen LogP contribution in [0.5, 0.6) is 5.75 Å². The molecule has 2 aliphatic heterocycles. The molecule has 1 aromatic carbocycles. The molecule has 1 fully saturated rings. The minimum Gasteiger partial charge on any atom is -0.493 e. The van der Waals surface area contributed by atoms with Crippen LogP contribution in [0.25, 0.3) is 10.2 Å². The Bertz CT molecular complexity index is 687. The maximum atomic E-state index is 6.20. The average molecular weight is 319 g/mol. The molecule has 1 saturated heterocycles. The number of fused-ring (bicyclic) bond motifs is 3. The Morgan fingerprint density at radius 2 is 2.36 bits per heavy atom. The number of anilines is 1. The lowest BCUT2D eigenvalue weighted by Gasteiger charge is -2.34. The Kier molecular flexibility index (Phi) is 3.68. The van der Waals surface area contributed by atoms with E-state index in [2.05, 4.69) is 24.4 Å². The first-order valence-electron chi connectivity index (χ1n) is 7.93. The monoisotopic (exact) mass is 319 g/mol. The molecule has 0 aliphatic carbocycles. The van der Waals surface area contributed by atoms with E-state index in [0.29, 0.717) is 12.7 Å². The van der Waals surface area contributed by atoms with Crippen molar-refractivity contribution in [3.8, 4) is 5.75 Å².